The van der Waals surface area contributed by atoms with Crippen LogP contribution in [0.4, 0.5) is 0 Å². The van der Waals surface area contributed by atoms with Gasteiger partial charge < -0.3 is 5.32 Å². The first-order valence-corrected chi connectivity index (χ1v) is 8.85. The van der Waals surface area contributed by atoms with Crippen LogP contribution >= 0.6 is 11.8 Å². The zero-order chi connectivity index (χ0) is 13.7. The van der Waals surface area contributed by atoms with E-state index in [2.05, 4.69) is 55.8 Å². The third-order valence-corrected chi connectivity index (χ3v) is 5.39. The number of thioether (sulfide) groups is 1. The van der Waals surface area contributed by atoms with Gasteiger partial charge in [-0.05, 0) is 30.6 Å². The van der Waals surface area contributed by atoms with E-state index in [1.807, 2.05) is 11.8 Å². The predicted octanol–water partition coefficient (Wildman–Crippen LogP) is 4.65. The summed E-state index contributed by atoms with van der Waals surface area (Å²) in [6, 6.07) is 12.1. The van der Waals surface area contributed by atoms with Crippen LogP contribution in [-0.2, 0) is 0 Å². The molecule has 0 saturated heterocycles. The molecule has 1 nitrogen and oxygen atoms in total. The summed E-state index contributed by atoms with van der Waals surface area (Å²) >= 11 is 2.04. The molecule has 106 valence electrons. The Balaban J connectivity index is 2.08. The number of hydrogen-bond acceptors (Lipinski definition) is 2. The number of nitrogens with one attached hydrogen (secondary N) is 1. The van der Waals surface area contributed by atoms with Crippen molar-refractivity contribution in [3.63, 3.8) is 0 Å². The van der Waals surface area contributed by atoms with Gasteiger partial charge in [-0.3, -0.25) is 0 Å². The molecule has 0 amide bonds. The van der Waals surface area contributed by atoms with Crippen molar-refractivity contribution in [2.24, 2.45) is 5.92 Å². The van der Waals surface area contributed by atoms with E-state index in [9.17, 15) is 0 Å². The molecule has 0 bridgehead atoms. The van der Waals surface area contributed by atoms with E-state index < -0.39 is 0 Å². The molecule has 3 unspecified atom stereocenters. The molecule has 0 spiro atoms. The lowest BCUT2D eigenvalue weighted by molar-refractivity contribution is 0.307. The van der Waals surface area contributed by atoms with Crippen LogP contribution in [0.3, 0.4) is 0 Å². The molecule has 1 aromatic rings. The zero-order valence-electron chi connectivity index (χ0n) is 12.4. The lowest BCUT2D eigenvalue weighted by Crippen LogP contribution is -2.43. The highest BCUT2D eigenvalue weighted by molar-refractivity contribution is 7.99. The number of benzene rings is 1. The molecule has 3 atom stereocenters. The van der Waals surface area contributed by atoms with Crippen molar-refractivity contribution in [2.75, 3.05) is 6.26 Å². The fourth-order valence-corrected chi connectivity index (χ4v) is 4.08. The summed E-state index contributed by atoms with van der Waals surface area (Å²) in [7, 11) is 0. The largest absolute Gasteiger partial charge is 0.306 e. The minimum Gasteiger partial charge on any atom is -0.306 e. The van der Waals surface area contributed by atoms with Gasteiger partial charge in [0.25, 0.3) is 0 Å². The van der Waals surface area contributed by atoms with E-state index in [1.165, 1.54) is 31.2 Å². The van der Waals surface area contributed by atoms with Crippen LogP contribution < -0.4 is 5.32 Å². The highest BCUT2D eigenvalue weighted by Crippen LogP contribution is 2.31. The molecule has 1 fully saturated rings. The maximum atomic E-state index is 3.95. The van der Waals surface area contributed by atoms with E-state index in [-0.39, 0.29) is 0 Å². The molecular weight excluding hydrogens is 250 g/mol. The smallest absolute Gasteiger partial charge is 0.0346 e. The van der Waals surface area contributed by atoms with Gasteiger partial charge in [0, 0.05) is 17.3 Å². The van der Waals surface area contributed by atoms with Crippen LogP contribution in [0, 0.1) is 5.92 Å². The van der Waals surface area contributed by atoms with Crippen molar-refractivity contribution in [3.8, 4) is 0 Å². The van der Waals surface area contributed by atoms with Gasteiger partial charge in [0.1, 0.15) is 0 Å². The van der Waals surface area contributed by atoms with Gasteiger partial charge in [-0.25, -0.2) is 0 Å². The van der Waals surface area contributed by atoms with E-state index in [0.717, 1.165) is 5.25 Å². The lowest BCUT2D eigenvalue weighted by Gasteiger charge is -2.36. The zero-order valence-corrected chi connectivity index (χ0v) is 13.2. The molecule has 2 rings (SSSR count). The van der Waals surface area contributed by atoms with Gasteiger partial charge in [-0.2, -0.15) is 11.8 Å². The normalized spacial score (nSPS) is 25.5. The predicted molar refractivity (Wildman–Crippen MR) is 86.7 cm³/mol. The molecule has 0 heterocycles. The Kier molecular flexibility index (Phi) is 5.77. The fraction of sp³-hybridized carbons (Fsp3) is 0.647. The second-order valence-electron chi connectivity index (χ2n) is 5.96. The standard InChI is InChI=1S/C17H27NS/c1-13(2)17(14-9-5-4-6-10-14)18-15-11-7-8-12-16(15)19-3/h4-6,9-10,13,15-18H,7-8,11-12H2,1-3H3. The lowest BCUT2D eigenvalue weighted by atomic mass is 9.90. The first kappa shape index (κ1) is 14.9. The third kappa shape index (κ3) is 4.00. The Bertz CT molecular complexity index is 363. The van der Waals surface area contributed by atoms with E-state index >= 15 is 0 Å². The van der Waals surface area contributed by atoms with Gasteiger partial charge in [-0.1, -0.05) is 57.0 Å². The van der Waals surface area contributed by atoms with Gasteiger partial charge >= 0.3 is 0 Å². The summed E-state index contributed by atoms with van der Waals surface area (Å²) in [5.41, 5.74) is 1.43. The van der Waals surface area contributed by atoms with Crippen LogP contribution in [0.2, 0.25) is 0 Å². The Morgan fingerprint density at radius 2 is 1.79 bits per heavy atom. The van der Waals surface area contributed by atoms with Gasteiger partial charge in [0.2, 0.25) is 0 Å². The number of hydrogen-bond donors (Lipinski definition) is 1. The number of rotatable bonds is 5. The molecule has 19 heavy (non-hydrogen) atoms. The van der Waals surface area contributed by atoms with Crippen molar-refractivity contribution >= 4 is 11.8 Å². The van der Waals surface area contributed by atoms with Crippen LogP contribution in [0.25, 0.3) is 0 Å². The summed E-state index contributed by atoms with van der Waals surface area (Å²) < 4.78 is 0. The summed E-state index contributed by atoms with van der Waals surface area (Å²) in [6.07, 6.45) is 7.76. The second-order valence-corrected chi connectivity index (χ2v) is 7.04. The highest BCUT2D eigenvalue weighted by atomic mass is 32.2. The summed E-state index contributed by atoms with van der Waals surface area (Å²) in [5, 5.41) is 4.74. The van der Waals surface area contributed by atoms with E-state index in [4.69, 9.17) is 0 Å². The van der Waals surface area contributed by atoms with Crippen molar-refractivity contribution in [1.82, 2.24) is 5.32 Å². The first-order valence-electron chi connectivity index (χ1n) is 7.56. The van der Waals surface area contributed by atoms with Crippen LogP contribution in [-0.4, -0.2) is 17.5 Å². The second kappa shape index (κ2) is 7.35. The first-order chi connectivity index (χ1) is 9.22. The Hall–Kier alpha value is -0.470. The minimum atomic E-state index is 0.485. The Morgan fingerprint density at radius 3 is 2.42 bits per heavy atom. The SMILES string of the molecule is CSC1CCCCC1NC(c1ccccc1)C(C)C. The maximum Gasteiger partial charge on any atom is 0.0346 e. The molecule has 1 saturated carbocycles. The molecule has 1 aliphatic carbocycles. The highest BCUT2D eigenvalue weighted by Gasteiger charge is 2.27. The maximum absolute atomic E-state index is 3.95. The van der Waals surface area contributed by atoms with E-state index in [0.29, 0.717) is 18.0 Å². The molecule has 1 aromatic carbocycles. The fourth-order valence-electron chi connectivity index (χ4n) is 3.13. The monoisotopic (exact) mass is 277 g/mol. The van der Waals surface area contributed by atoms with Crippen LogP contribution in [0.5, 0.6) is 0 Å². The average Bonchev–Trinajstić information content (AvgIpc) is 2.45. The molecule has 1 N–H and O–H groups in total. The molecular formula is C17H27NS. The van der Waals surface area contributed by atoms with Crippen molar-refractivity contribution in [1.29, 1.82) is 0 Å². The Labute approximate surface area is 122 Å². The van der Waals surface area contributed by atoms with Gasteiger partial charge in [-0.15, -0.1) is 0 Å². The van der Waals surface area contributed by atoms with Gasteiger partial charge in [0.15, 0.2) is 0 Å². The summed E-state index contributed by atoms with van der Waals surface area (Å²) in [5.74, 6) is 0.631. The summed E-state index contributed by atoms with van der Waals surface area (Å²) in [6.45, 7) is 4.64. The topological polar surface area (TPSA) is 12.0 Å². The quantitative estimate of drug-likeness (QED) is 0.841. The van der Waals surface area contributed by atoms with E-state index in [1.54, 1.807) is 0 Å². The van der Waals surface area contributed by atoms with Crippen molar-refractivity contribution in [2.45, 2.75) is 56.9 Å². The minimum absolute atomic E-state index is 0.485. The summed E-state index contributed by atoms with van der Waals surface area (Å²) in [4.78, 5) is 0. The molecule has 0 aliphatic heterocycles. The average molecular weight is 277 g/mol. The molecule has 0 aromatic heterocycles. The van der Waals surface area contributed by atoms with Crippen LogP contribution in [0.15, 0.2) is 30.3 Å². The Morgan fingerprint density at radius 1 is 1.11 bits per heavy atom. The molecule has 2 heteroatoms. The van der Waals surface area contributed by atoms with Gasteiger partial charge in [0.05, 0.1) is 0 Å². The van der Waals surface area contributed by atoms with Crippen molar-refractivity contribution in [3.05, 3.63) is 35.9 Å². The third-order valence-electron chi connectivity index (χ3n) is 4.22. The molecule has 0 radical (unpaired) electrons. The van der Waals surface area contributed by atoms with Crippen molar-refractivity contribution < 1.29 is 0 Å². The van der Waals surface area contributed by atoms with Crippen LogP contribution in [0.1, 0.15) is 51.1 Å². The molecule has 1 aliphatic rings.